The number of benzene rings is 1. The molecule has 0 fully saturated rings. The predicted molar refractivity (Wildman–Crippen MR) is 74.1 cm³/mol. The number of nitrogens with one attached hydrogen (secondary N) is 1. The molecule has 0 aliphatic carbocycles. The van der Waals surface area contributed by atoms with Crippen LogP contribution in [-0.2, 0) is 11.3 Å². The van der Waals surface area contributed by atoms with E-state index >= 15 is 0 Å². The number of halogens is 1. The first-order valence-corrected chi connectivity index (χ1v) is 6.38. The molecule has 1 amide bonds. The van der Waals surface area contributed by atoms with Crippen molar-refractivity contribution in [1.29, 1.82) is 0 Å². The minimum absolute atomic E-state index is 0.0752. The van der Waals surface area contributed by atoms with Gasteiger partial charge in [0.2, 0.25) is 5.91 Å². The highest BCUT2D eigenvalue weighted by molar-refractivity contribution is 6.31. The first kappa shape index (κ1) is 16.6. The summed E-state index contributed by atoms with van der Waals surface area (Å²) in [6, 6.07) is 3.20. The summed E-state index contributed by atoms with van der Waals surface area (Å²) < 4.78 is 10.5. The second-order valence-corrected chi connectivity index (χ2v) is 4.56. The molecule has 112 valence electrons. The molecule has 6 nitrogen and oxygen atoms in total. The van der Waals surface area contributed by atoms with Crippen LogP contribution in [0.1, 0.15) is 12.5 Å². The fraction of sp³-hybridized carbons (Fsp3) is 0.462. The zero-order valence-electron chi connectivity index (χ0n) is 11.4. The highest BCUT2D eigenvalue weighted by Gasteiger charge is 2.12. The fourth-order valence-electron chi connectivity index (χ4n) is 1.44. The van der Waals surface area contributed by atoms with Gasteiger partial charge in [-0.1, -0.05) is 11.6 Å². The topological polar surface area (TPSA) is 88.0 Å². The first-order chi connectivity index (χ1) is 9.47. The first-order valence-electron chi connectivity index (χ1n) is 6.00. The lowest BCUT2D eigenvalue weighted by Crippen LogP contribution is -2.21. The zero-order chi connectivity index (χ0) is 15.1. The standard InChI is InChI=1S/C13H18ClNO5/c1-8(17)15-5-9-3-12(19-2)13(4-11(9)14)20-7-10(18)6-16/h3-4,10,16,18H,5-7H2,1-2H3,(H,15,17). The van der Waals surface area contributed by atoms with Crippen molar-refractivity contribution in [3.05, 3.63) is 22.7 Å². The summed E-state index contributed by atoms with van der Waals surface area (Å²) in [6.07, 6.45) is -0.975. The third-order valence-electron chi connectivity index (χ3n) is 2.50. The van der Waals surface area contributed by atoms with Crippen LogP contribution < -0.4 is 14.8 Å². The highest BCUT2D eigenvalue weighted by Crippen LogP contribution is 2.33. The van der Waals surface area contributed by atoms with Crippen LogP contribution in [-0.4, -0.2) is 42.5 Å². The predicted octanol–water partition coefficient (Wildman–Crippen LogP) is 0.717. The van der Waals surface area contributed by atoms with Gasteiger partial charge in [-0.3, -0.25) is 4.79 Å². The van der Waals surface area contributed by atoms with Crippen LogP contribution in [0.3, 0.4) is 0 Å². The van der Waals surface area contributed by atoms with Crippen LogP contribution in [0.4, 0.5) is 0 Å². The van der Waals surface area contributed by atoms with E-state index in [4.69, 9.17) is 26.2 Å². The molecule has 0 bridgehead atoms. The number of carbonyl (C=O) groups excluding carboxylic acids is 1. The molecular weight excluding hydrogens is 286 g/mol. The lowest BCUT2D eigenvalue weighted by Gasteiger charge is -2.15. The Kier molecular flexibility index (Phi) is 6.57. The van der Waals surface area contributed by atoms with Crippen molar-refractivity contribution in [3.8, 4) is 11.5 Å². The average molecular weight is 304 g/mol. The van der Waals surface area contributed by atoms with E-state index in [-0.39, 0.29) is 19.1 Å². The van der Waals surface area contributed by atoms with Gasteiger partial charge in [0.15, 0.2) is 11.5 Å². The van der Waals surface area contributed by atoms with Gasteiger partial charge in [-0.15, -0.1) is 0 Å². The van der Waals surface area contributed by atoms with Crippen LogP contribution in [0.25, 0.3) is 0 Å². The normalized spacial score (nSPS) is 11.8. The largest absolute Gasteiger partial charge is 0.493 e. The third kappa shape index (κ3) is 4.88. The maximum absolute atomic E-state index is 10.9. The van der Waals surface area contributed by atoms with Crippen LogP contribution in [0.15, 0.2) is 12.1 Å². The van der Waals surface area contributed by atoms with Gasteiger partial charge < -0.3 is 25.0 Å². The maximum Gasteiger partial charge on any atom is 0.217 e. The summed E-state index contributed by atoms with van der Waals surface area (Å²) in [4.78, 5) is 10.9. The van der Waals surface area contributed by atoms with Crippen molar-refractivity contribution in [2.75, 3.05) is 20.3 Å². The molecule has 1 aromatic rings. The van der Waals surface area contributed by atoms with E-state index in [1.54, 1.807) is 12.1 Å². The Hall–Kier alpha value is -1.50. The van der Waals surface area contributed by atoms with Crippen LogP contribution in [0.2, 0.25) is 5.02 Å². The summed E-state index contributed by atoms with van der Waals surface area (Å²) in [5.41, 5.74) is 0.689. The molecule has 3 N–H and O–H groups in total. The summed E-state index contributed by atoms with van der Waals surface area (Å²) in [5.74, 6) is 0.628. The second kappa shape index (κ2) is 7.94. The number of hydrogen-bond donors (Lipinski definition) is 3. The van der Waals surface area contributed by atoms with Crippen molar-refractivity contribution in [2.24, 2.45) is 0 Å². The second-order valence-electron chi connectivity index (χ2n) is 4.15. The number of rotatable bonds is 7. The molecule has 1 atom stereocenters. The Morgan fingerprint density at radius 2 is 2.15 bits per heavy atom. The third-order valence-corrected chi connectivity index (χ3v) is 2.85. The van der Waals surface area contributed by atoms with Crippen molar-refractivity contribution >= 4 is 17.5 Å². The molecule has 0 heterocycles. The van der Waals surface area contributed by atoms with Gasteiger partial charge in [0.25, 0.3) is 0 Å². The Labute approximate surface area is 122 Å². The van der Waals surface area contributed by atoms with Crippen molar-refractivity contribution in [1.82, 2.24) is 5.32 Å². The molecule has 0 spiro atoms. The van der Waals surface area contributed by atoms with Crippen LogP contribution in [0, 0.1) is 0 Å². The molecule has 0 aromatic heterocycles. The quantitative estimate of drug-likeness (QED) is 0.691. The van der Waals surface area contributed by atoms with Gasteiger partial charge in [0, 0.05) is 24.6 Å². The van der Waals surface area contributed by atoms with E-state index in [0.717, 1.165) is 0 Å². The molecule has 7 heteroatoms. The molecule has 0 aliphatic heterocycles. The van der Waals surface area contributed by atoms with E-state index < -0.39 is 12.7 Å². The van der Waals surface area contributed by atoms with E-state index in [1.807, 2.05) is 0 Å². The van der Waals surface area contributed by atoms with E-state index in [0.29, 0.717) is 22.1 Å². The Morgan fingerprint density at radius 1 is 1.45 bits per heavy atom. The zero-order valence-corrected chi connectivity index (χ0v) is 12.1. The molecule has 0 saturated heterocycles. The molecule has 1 aromatic carbocycles. The van der Waals surface area contributed by atoms with Crippen molar-refractivity contribution in [2.45, 2.75) is 19.6 Å². The number of ether oxygens (including phenoxy) is 2. The van der Waals surface area contributed by atoms with Crippen molar-refractivity contribution in [3.63, 3.8) is 0 Å². The molecule has 1 unspecified atom stereocenters. The van der Waals surface area contributed by atoms with Gasteiger partial charge in [0.1, 0.15) is 12.7 Å². The Morgan fingerprint density at radius 3 is 2.70 bits per heavy atom. The van der Waals surface area contributed by atoms with Gasteiger partial charge in [-0.25, -0.2) is 0 Å². The number of amides is 1. The highest BCUT2D eigenvalue weighted by atomic mass is 35.5. The lowest BCUT2D eigenvalue weighted by molar-refractivity contribution is -0.119. The minimum Gasteiger partial charge on any atom is -0.493 e. The SMILES string of the molecule is COc1cc(CNC(C)=O)c(Cl)cc1OCC(O)CO. The van der Waals surface area contributed by atoms with Crippen LogP contribution in [0.5, 0.6) is 11.5 Å². The van der Waals surface area contributed by atoms with Gasteiger partial charge in [0.05, 0.1) is 13.7 Å². The molecule has 20 heavy (non-hydrogen) atoms. The molecule has 0 aliphatic rings. The van der Waals surface area contributed by atoms with E-state index in [1.165, 1.54) is 14.0 Å². The summed E-state index contributed by atoms with van der Waals surface area (Å²) in [5, 5.41) is 21.0. The molecule has 0 radical (unpaired) electrons. The number of carbonyl (C=O) groups is 1. The van der Waals surface area contributed by atoms with Gasteiger partial charge >= 0.3 is 0 Å². The summed E-state index contributed by atoms with van der Waals surface area (Å²) in [7, 11) is 1.47. The fourth-order valence-corrected chi connectivity index (χ4v) is 1.66. The molecule has 1 rings (SSSR count). The maximum atomic E-state index is 10.9. The Balaban J connectivity index is 2.86. The smallest absolute Gasteiger partial charge is 0.217 e. The average Bonchev–Trinajstić information content (AvgIpc) is 2.43. The molecule has 0 saturated carbocycles. The Bertz CT molecular complexity index is 466. The number of hydrogen-bond acceptors (Lipinski definition) is 5. The minimum atomic E-state index is -0.975. The number of aliphatic hydroxyl groups excluding tert-OH is 2. The number of methoxy groups -OCH3 is 1. The van der Waals surface area contributed by atoms with E-state index in [9.17, 15) is 9.90 Å². The van der Waals surface area contributed by atoms with Crippen LogP contribution >= 0.6 is 11.6 Å². The molecular formula is C13H18ClNO5. The lowest BCUT2D eigenvalue weighted by atomic mass is 10.2. The summed E-state index contributed by atoms with van der Waals surface area (Å²) >= 11 is 6.09. The monoisotopic (exact) mass is 303 g/mol. The van der Waals surface area contributed by atoms with E-state index in [2.05, 4.69) is 5.32 Å². The number of aliphatic hydroxyl groups is 2. The van der Waals surface area contributed by atoms with Gasteiger partial charge in [-0.2, -0.15) is 0 Å². The summed E-state index contributed by atoms with van der Waals surface area (Å²) in [6.45, 7) is 1.23. The van der Waals surface area contributed by atoms with Crippen molar-refractivity contribution < 1.29 is 24.5 Å². The van der Waals surface area contributed by atoms with Gasteiger partial charge in [-0.05, 0) is 11.6 Å².